The van der Waals surface area contributed by atoms with Gasteiger partial charge < -0.3 is 10.2 Å². The van der Waals surface area contributed by atoms with Crippen LogP contribution >= 0.6 is 35.0 Å². The molecule has 0 aromatic heterocycles. The number of carbonyl (C=O) groups is 2. The first-order valence-corrected chi connectivity index (χ1v) is 11.4. The Balaban J connectivity index is 2.05. The zero-order chi connectivity index (χ0) is 21.2. The van der Waals surface area contributed by atoms with Gasteiger partial charge >= 0.3 is 0 Å². The Morgan fingerprint density at radius 1 is 1.07 bits per heavy atom. The first-order chi connectivity index (χ1) is 14.0. The predicted molar refractivity (Wildman–Crippen MR) is 123 cm³/mol. The topological polar surface area (TPSA) is 49.4 Å². The minimum Gasteiger partial charge on any atom is -0.357 e. The van der Waals surface area contributed by atoms with Crippen LogP contribution in [0, 0.1) is 0 Å². The maximum absolute atomic E-state index is 13.0. The number of rotatable bonds is 10. The van der Waals surface area contributed by atoms with Gasteiger partial charge in [0.15, 0.2) is 0 Å². The van der Waals surface area contributed by atoms with Crippen LogP contribution in [0.1, 0.15) is 24.5 Å². The van der Waals surface area contributed by atoms with Crippen molar-refractivity contribution in [1.29, 1.82) is 0 Å². The zero-order valence-corrected chi connectivity index (χ0v) is 19.0. The molecule has 7 heteroatoms. The van der Waals surface area contributed by atoms with Crippen LogP contribution in [0.2, 0.25) is 10.0 Å². The molecule has 0 bridgehead atoms. The summed E-state index contributed by atoms with van der Waals surface area (Å²) in [6.45, 7) is 2.40. The fourth-order valence-electron chi connectivity index (χ4n) is 3.06. The highest BCUT2D eigenvalue weighted by molar-refractivity contribution is 7.99. The van der Waals surface area contributed by atoms with Gasteiger partial charge in [-0.05, 0) is 36.1 Å². The summed E-state index contributed by atoms with van der Waals surface area (Å²) in [4.78, 5) is 27.0. The Morgan fingerprint density at radius 3 is 2.31 bits per heavy atom. The van der Waals surface area contributed by atoms with E-state index in [0.29, 0.717) is 35.2 Å². The molecule has 1 atom stereocenters. The van der Waals surface area contributed by atoms with Crippen LogP contribution in [0.4, 0.5) is 0 Å². The van der Waals surface area contributed by atoms with Crippen molar-refractivity contribution in [1.82, 2.24) is 10.2 Å². The van der Waals surface area contributed by atoms with Gasteiger partial charge in [0.2, 0.25) is 11.8 Å². The van der Waals surface area contributed by atoms with Crippen molar-refractivity contribution in [3.05, 3.63) is 69.7 Å². The number of nitrogens with zero attached hydrogens (tertiary/aromatic N) is 1. The van der Waals surface area contributed by atoms with Crippen LogP contribution < -0.4 is 5.32 Å². The Labute approximate surface area is 187 Å². The first-order valence-electron chi connectivity index (χ1n) is 9.53. The zero-order valence-electron chi connectivity index (χ0n) is 16.7. The van der Waals surface area contributed by atoms with E-state index in [-0.39, 0.29) is 17.6 Å². The number of amides is 2. The second-order valence-electron chi connectivity index (χ2n) is 6.55. The number of hydrogen-bond acceptors (Lipinski definition) is 3. The van der Waals surface area contributed by atoms with E-state index in [1.807, 2.05) is 37.3 Å². The molecule has 29 heavy (non-hydrogen) atoms. The van der Waals surface area contributed by atoms with Crippen molar-refractivity contribution >= 4 is 46.8 Å². The molecule has 2 rings (SSSR count). The van der Waals surface area contributed by atoms with Gasteiger partial charge in [-0.25, -0.2) is 0 Å². The molecule has 2 amide bonds. The van der Waals surface area contributed by atoms with Crippen molar-refractivity contribution in [3.8, 4) is 0 Å². The number of halogens is 2. The summed E-state index contributed by atoms with van der Waals surface area (Å²) in [5.74, 6) is 0.579. The molecule has 0 spiro atoms. The first kappa shape index (κ1) is 23.6. The third-order valence-corrected chi connectivity index (χ3v) is 6.30. The molecule has 2 aromatic rings. The fourth-order valence-corrected chi connectivity index (χ4v) is 4.70. The van der Waals surface area contributed by atoms with Crippen molar-refractivity contribution < 1.29 is 9.59 Å². The third kappa shape index (κ3) is 6.95. The Kier molecular flexibility index (Phi) is 9.85. The van der Waals surface area contributed by atoms with Gasteiger partial charge in [-0.3, -0.25) is 9.59 Å². The van der Waals surface area contributed by atoms with Gasteiger partial charge in [0.05, 0.1) is 5.75 Å². The minimum absolute atomic E-state index is 0.0652. The summed E-state index contributed by atoms with van der Waals surface area (Å²) in [7, 11) is 1.60. The summed E-state index contributed by atoms with van der Waals surface area (Å²) in [6.07, 6.45) is 1.25. The van der Waals surface area contributed by atoms with Gasteiger partial charge in [0, 0.05) is 29.4 Å². The molecular formula is C22H26Cl2N2O2S. The van der Waals surface area contributed by atoms with E-state index in [0.717, 1.165) is 11.1 Å². The van der Waals surface area contributed by atoms with Gasteiger partial charge in [0.1, 0.15) is 6.04 Å². The maximum Gasteiger partial charge on any atom is 0.242 e. The molecule has 0 saturated heterocycles. The van der Waals surface area contributed by atoms with Gasteiger partial charge in [-0.15, -0.1) is 11.8 Å². The maximum atomic E-state index is 13.0. The lowest BCUT2D eigenvalue weighted by atomic mass is 10.1. The quantitative estimate of drug-likeness (QED) is 0.561. The molecular weight excluding hydrogens is 427 g/mol. The number of likely N-dealkylation sites (N-methyl/N-ethyl adjacent to an activating group) is 1. The van der Waals surface area contributed by atoms with Crippen molar-refractivity contribution in [3.63, 3.8) is 0 Å². The second-order valence-corrected chi connectivity index (χ2v) is 8.35. The largest absolute Gasteiger partial charge is 0.357 e. The second kappa shape index (κ2) is 12.1. The number of hydrogen-bond donors (Lipinski definition) is 1. The number of benzene rings is 2. The van der Waals surface area contributed by atoms with Gasteiger partial charge in [0.25, 0.3) is 0 Å². The van der Waals surface area contributed by atoms with Crippen LogP contribution in [0.5, 0.6) is 0 Å². The van der Waals surface area contributed by atoms with Crippen molar-refractivity contribution in [2.75, 3.05) is 19.3 Å². The number of carbonyl (C=O) groups excluding carboxylic acids is 2. The lowest BCUT2D eigenvalue weighted by Crippen LogP contribution is -2.50. The molecule has 0 unspecified atom stereocenters. The van der Waals surface area contributed by atoms with Crippen LogP contribution in [-0.2, 0) is 21.8 Å². The predicted octanol–water partition coefficient (Wildman–Crippen LogP) is 4.82. The third-order valence-electron chi connectivity index (χ3n) is 4.65. The number of thioether (sulfide) groups is 1. The summed E-state index contributed by atoms with van der Waals surface area (Å²) in [5, 5.41) is 3.86. The molecule has 0 fully saturated rings. The minimum atomic E-state index is -0.485. The molecule has 156 valence electrons. The van der Waals surface area contributed by atoms with E-state index in [2.05, 4.69) is 5.32 Å². The molecule has 0 aliphatic rings. The fraction of sp³-hybridized carbons (Fsp3) is 0.364. The average Bonchev–Trinajstić information content (AvgIpc) is 2.73. The highest BCUT2D eigenvalue weighted by Gasteiger charge is 2.27. The van der Waals surface area contributed by atoms with Crippen LogP contribution in [0.25, 0.3) is 0 Å². The molecule has 0 aliphatic heterocycles. The molecule has 0 saturated carbocycles. The number of nitrogens with one attached hydrogen (secondary N) is 1. The van der Waals surface area contributed by atoms with E-state index in [4.69, 9.17) is 23.2 Å². The monoisotopic (exact) mass is 452 g/mol. The SMILES string of the molecule is CC[C@@H](C(=O)NC)N(CCc1ccccc1)C(=O)CSCc1c(Cl)cccc1Cl. The molecule has 4 nitrogen and oxygen atoms in total. The smallest absolute Gasteiger partial charge is 0.242 e. The van der Waals surface area contributed by atoms with Gasteiger partial charge in [-0.1, -0.05) is 66.5 Å². The van der Waals surface area contributed by atoms with Crippen LogP contribution in [-0.4, -0.2) is 42.1 Å². The lowest BCUT2D eigenvalue weighted by molar-refractivity contribution is -0.138. The molecule has 0 heterocycles. The molecule has 1 N–H and O–H groups in total. The van der Waals surface area contributed by atoms with E-state index >= 15 is 0 Å². The summed E-state index contributed by atoms with van der Waals surface area (Å²) in [6, 6.07) is 14.8. The van der Waals surface area contributed by atoms with E-state index in [9.17, 15) is 9.59 Å². The molecule has 2 aromatic carbocycles. The summed E-state index contributed by atoms with van der Waals surface area (Å²) in [5.41, 5.74) is 1.95. The standard InChI is InChI=1S/C22H26Cl2N2O2S/c1-3-20(22(28)25-2)26(13-12-16-8-5-4-6-9-16)21(27)15-29-14-17-18(23)10-7-11-19(17)24/h4-11,20H,3,12-15H2,1-2H3,(H,25,28)/t20-/m0/s1. The summed E-state index contributed by atoms with van der Waals surface area (Å²) < 4.78 is 0. The van der Waals surface area contributed by atoms with E-state index in [1.54, 1.807) is 30.1 Å². The Hall–Kier alpha value is -1.69. The molecule has 0 radical (unpaired) electrons. The normalized spacial score (nSPS) is 11.7. The van der Waals surface area contributed by atoms with Crippen LogP contribution in [0.3, 0.4) is 0 Å². The average molecular weight is 453 g/mol. The Bertz CT molecular complexity index is 797. The van der Waals surface area contributed by atoms with Crippen molar-refractivity contribution in [2.45, 2.75) is 31.6 Å². The van der Waals surface area contributed by atoms with Crippen molar-refractivity contribution in [2.24, 2.45) is 0 Å². The Morgan fingerprint density at radius 2 is 1.72 bits per heavy atom. The summed E-state index contributed by atoms with van der Waals surface area (Å²) >= 11 is 13.9. The molecule has 0 aliphatic carbocycles. The van der Waals surface area contributed by atoms with Gasteiger partial charge in [-0.2, -0.15) is 0 Å². The van der Waals surface area contributed by atoms with E-state index in [1.165, 1.54) is 11.8 Å². The highest BCUT2D eigenvalue weighted by Crippen LogP contribution is 2.28. The van der Waals surface area contributed by atoms with Crippen LogP contribution in [0.15, 0.2) is 48.5 Å². The highest BCUT2D eigenvalue weighted by atomic mass is 35.5. The lowest BCUT2D eigenvalue weighted by Gasteiger charge is -2.30. The van der Waals surface area contributed by atoms with E-state index < -0.39 is 6.04 Å².